The summed E-state index contributed by atoms with van der Waals surface area (Å²) in [5, 5.41) is 4.63. The second-order valence-electron chi connectivity index (χ2n) is 5.54. The first kappa shape index (κ1) is 15.7. The predicted octanol–water partition coefficient (Wildman–Crippen LogP) is 2.61. The molecule has 20 heavy (non-hydrogen) atoms. The first-order chi connectivity index (χ1) is 9.67. The van der Waals surface area contributed by atoms with Crippen LogP contribution >= 0.6 is 11.8 Å². The molecule has 0 amide bonds. The Labute approximate surface area is 127 Å². The summed E-state index contributed by atoms with van der Waals surface area (Å²) in [7, 11) is 1.96. The van der Waals surface area contributed by atoms with Crippen LogP contribution in [0.5, 0.6) is 5.75 Å². The Hall–Kier alpha value is -0.710. The molecule has 0 aliphatic carbocycles. The van der Waals surface area contributed by atoms with E-state index in [9.17, 15) is 0 Å². The minimum absolute atomic E-state index is 0.734. The molecule has 3 nitrogen and oxygen atoms in total. The molecule has 1 aromatic rings. The van der Waals surface area contributed by atoms with E-state index in [4.69, 9.17) is 4.74 Å². The maximum atomic E-state index is 5.89. The van der Waals surface area contributed by atoms with Gasteiger partial charge in [0.1, 0.15) is 12.4 Å². The maximum Gasteiger partial charge on any atom is 0.119 e. The van der Waals surface area contributed by atoms with Gasteiger partial charge in [-0.2, -0.15) is 11.8 Å². The summed E-state index contributed by atoms with van der Waals surface area (Å²) in [6, 6.07) is 8.34. The third-order valence-electron chi connectivity index (χ3n) is 3.45. The van der Waals surface area contributed by atoms with Gasteiger partial charge in [0.25, 0.3) is 0 Å². The second kappa shape index (κ2) is 7.91. The van der Waals surface area contributed by atoms with Crippen LogP contribution in [-0.2, 0) is 6.54 Å². The zero-order chi connectivity index (χ0) is 14.4. The molecule has 1 N–H and O–H groups in total. The van der Waals surface area contributed by atoms with Crippen LogP contribution in [0.4, 0.5) is 0 Å². The Morgan fingerprint density at radius 1 is 1.30 bits per heavy atom. The zero-order valence-electron chi connectivity index (χ0n) is 12.8. The summed E-state index contributed by atoms with van der Waals surface area (Å²) in [6.07, 6.45) is 0. The van der Waals surface area contributed by atoms with Crippen LogP contribution in [0.15, 0.2) is 24.3 Å². The van der Waals surface area contributed by atoms with Crippen molar-refractivity contribution in [3.63, 3.8) is 0 Å². The van der Waals surface area contributed by atoms with Crippen molar-refractivity contribution >= 4 is 11.8 Å². The lowest BCUT2D eigenvalue weighted by Gasteiger charge is -2.34. The second-order valence-corrected chi connectivity index (χ2v) is 7.42. The highest BCUT2D eigenvalue weighted by Crippen LogP contribution is 2.24. The molecule has 0 aromatic heterocycles. The maximum absolute atomic E-state index is 5.89. The summed E-state index contributed by atoms with van der Waals surface area (Å²) in [5.41, 5.74) is 1.27. The minimum atomic E-state index is 0.734. The zero-order valence-corrected chi connectivity index (χ0v) is 13.6. The summed E-state index contributed by atoms with van der Waals surface area (Å²) < 4.78 is 5.89. The van der Waals surface area contributed by atoms with E-state index >= 15 is 0 Å². The molecule has 1 fully saturated rings. The highest BCUT2D eigenvalue weighted by molar-refractivity contribution is 8.00. The number of hydrogen-bond donors (Lipinski definition) is 1. The largest absolute Gasteiger partial charge is 0.492 e. The SMILES string of the molecule is CNCc1cccc(OCCN2CC(C)SC(C)C2)c1. The van der Waals surface area contributed by atoms with Crippen molar-refractivity contribution in [2.75, 3.05) is 33.3 Å². The molecule has 112 valence electrons. The Kier molecular flexibility index (Phi) is 6.20. The molecule has 0 bridgehead atoms. The van der Waals surface area contributed by atoms with Gasteiger partial charge in [0, 0.05) is 36.7 Å². The number of benzene rings is 1. The van der Waals surface area contributed by atoms with Crippen molar-refractivity contribution in [3.05, 3.63) is 29.8 Å². The van der Waals surface area contributed by atoms with Gasteiger partial charge in [0.15, 0.2) is 0 Å². The lowest BCUT2D eigenvalue weighted by molar-refractivity contribution is 0.207. The molecule has 1 aliphatic heterocycles. The van der Waals surface area contributed by atoms with Crippen molar-refractivity contribution in [3.8, 4) is 5.75 Å². The molecule has 1 heterocycles. The van der Waals surface area contributed by atoms with Crippen molar-refractivity contribution in [1.29, 1.82) is 0 Å². The van der Waals surface area contributed by atoms with Crippen LogP contribution in [0.3, 0.4) is 0 Å². The summed E-state index contributed by atoms with van der Waals surface area (Å²) in [4.78, 5) is 2.52. The van der Waals surface area contributed by atoms with Crippen LogP contribution in [0.1, 0.15) is 19.4 Å². The van der Waals surface area contributed by atoms with Crippen LogP contribution in [-0.4, -0.2) is 48.7 Å². The Morgan fingerprint density at radius 3 is 2.75 bits per heavy atom. The molecule has 2 atom stereocenters. The van der Waals surface area contributed by atoms with Crippen LogP contribution in [0.2, 0.25) is 0 Å². The molecule has 4 heteroatoms. The third-order valence-corrected chi connectivity index (χ3v) is 4.68. The van der Waals surface area contributed by atoms with E-state index in [1.54, 1.807) is 0 Å². The van der Waals surface area contributed by atoms with Crippen molar-refractivity contribution in [2.45, 2.75) is 30.9 Å². The van der Waals surface area contributed by atoms with Crippen LogP contribution in [0, 0.1) is 0 Å². The third kappa shape index (κ3) is 5.00. The smallest absolute Gasteiger partial charge is 0.119 e. The number of thioether (sulfide) groups is 1. The van der Waals surface area contributed by atoms with E-state index in [1.807, 2.05) is 13.1 Å². The summed E-state index contributed by atoms with van der Waals surface area (Å²) in [6.45, 7) is 9.66. The highest BCUT2D eigenvalue weighted by atomic mass is 32.2. The molecule has 0 radical (unpaired) electrons. The first-order valence-electron chi connectivity index (χ1n) is 7.41. The standard InChI is InChI=1S/C16H26N2OS/c1-13-11-18(12-14(2)20-13)7-8-19-16-6-4-5-15(9-16)10-17-3/h4-6,9,13-14,17H,7-8,10-12H2,1-3H3. The van der Waals surface area contributed by atoms with E-state index < -0.39 is 0 Å². The van der Waals surface area contributed by atoms with E-state index in [1.165, 1.54) is 18.7 Å². The number of rotatable bonds is 6. The van der Waals surface area contributed by atoms with E-state index in [-0.39, 0.29) is 0 Å². The Bertz CT molecular complexity index is 403. The molecule has 2 unspecified atom stereocenters. The number of hydrogen-bond acceptors (Lipinski definition) is 4. The monoisotopic (exact) mass is 294 g/mol. The fourth-order valence-corrected chi connectivity index (χ4v) is 4.10. The van der Waals surface area contributed by atoms with Gasteiger partial charge in [-0.05, 0) is 24.7 Å². The quantitative estimate of drug-likeness (QED) is 0.871. The first-order valence-corrected chi connectivity index (χ1v) is 8.36. The molecule has 1 saturated heterocycles. The fourth-order valence-electron chi connectivity index (χ4n) is 2.71. The van der Waals surface area contributed by atoms with Crippen molar-refractivity contribution in [2.24, 2.45) is 0 Å². The van der Waals surface area contributed by atoms with Gasteiger partial charge >= 0.3 is 0 Å². The van der Waals surface area contributed by atoms with Gasteiger partial charge in [-0.15, -0.1) is 0 Å². The number of nitrogens with one attached hydrogen (secondary N) is 1. The van der Waals surface area contributed by atoms with Crippen LogP contribution < -0.4 is 10.1 Å². The van der Waals surface area contributed by atoms with E-state index in [0.717, 1.165) is 35.9 Å². The van der Waals surface area contributed by atoms with E-state index in [0.29, 0.717) is 0 Å². The minimum Gasteiger partial charge on any atom is -0.492 e. The van der Waals surface area contributed by atoms with Gasteiger partial charge in [-0.1, -0.05) is 26.0 Å². The van der Waals surface area contributed by atoms with Crippen molar-refractivity contribution in [1.82, 2.24) is 10.2 Å². The van der Waals surface area contributed by atoms with Crippen LogP contribution in [0.25, 0.3) is 0 Å². The van der Waals surface area contributed by atoms with Gasteiger partial charge in [0.2, 0.25) is 0 Å². The fraction of sp³-hybridized carbons (Fsp3) is 0.625. The van der Waals surface area contributed by atoms with Crippen molar-refractivity contribution < 1.29 is 4.74 Å². The summed E-state index contributed by atoms with van der Waals surface area (Å²) >= 11 is 2.09. The Morgan fingerprint density at radius 2 is 2.05 bits per heavy atom. The van der Waals surface area contributed by atoms with Gasteiger partial charge in [-0.3, -0.25) is 4.90 Å². The lowest BCUT2D eigenvalue weighted by atomic mass is 10.2. The average molecular weight is 294 g/mol. The predicted molar refractivity (Wildman–Crippen MR) is 87.7 cm³/mol. The topological polar surface area (TPSA) is 24.5 Å². The van der Waals surface area contributed by atoms with Gasteiger partial charge < -0.3 is 10.1 Å². The molecule has 1 aromatic carbocycles. The molecule has 2 rings (SSSR count). The van der Waals surface area contributed by atoms with E-state index in [2.05, 4.69) is 54.0 Å². The lowest BCUT2D eigenvalue weighted by Crippen LogP contribution is -2.42. The average Bonchev–Trinajstić information content (AvgIpc) is 2.38. The molecular formula is C16H26N2OS. The van der Waals surface area contributed by atoms with Gasteiger partial charge in [0.05, 0.1) is 0 Å². The molecule has 1 aliphatic rings. The number of nitrogens with zero attached hydrogens (tertiary/aromatic N) is 1. The molecule has 0 saturated carbocycles. The molecular weight excluding hydrogens is 268 g/mol. The summed E-state index contributed by atoms with van der Waals surface area (Å²) in [5.74, 6) is 0.977. The Balaban J connectivity index is 1.76. The highest BCUT2D eigenvalue weighted by Gasteiger charge is 2.21. The normalized spacial score (nSPS) is 23.8. The van der Waals surface area contributed by atoms with Gasteiger partial charge in [-0.25, -0.2) is 0 Å². The molecule has 0 spiro atoms. The number of ether oxygens (including phenoxy) is 1.